The first-order valence-corrected chi connectivity index (χ1v) is 7.75. The van der Waals surface area contributed by atoms with E-state index in [1.807, 2.05) is 36.1 Å². The average molecular weight is 286 g/mol. The van der Waals surface area contributed by atoms with Crippen LogP contribution in [0.25, 0.3) is 0 Å². The first-order valence-electron chi connectivity index (χ1n) is 7.75. The lowest BCUT2D eigenvalue weighted by Crippen LogP contribution is -2.35. The van der Waals surface area contributed by atoms with Crippen molar-refractivity contribution in [2.24, 2.45) is 5.41 Å². The predicted molar refractivity (Wildman–Crippen MR) is 81.0 cm³/mol. The SMILES string of the molecule is Cc1cccc(C(=O)N2CCC[C@]3(CCNC3=O)CC2)c1. The van der Waals surface area contributed by atoms with E-state index in [0.717, 1.165) is 49.9 Å². The smallest absolute Gasteiger partial charge is 0.253 e. The van der Waals surface area contributed by atoms with Crippen LogP contribution in [0, 0.1) is 12.3 Å². The Morgan fingerprint density at radius 3 is 2.81 bits per heavy atom. The van der Waals surface area contributed by atoms with Gasteiger partial charge in [0.1, 0.15) is 0 Å². The molecule has 1 atom stereocenters. The molecule has 1 spiro atoms. The first-order chi connectivity index (χ1) is 10.1. The largest absolute Gasteiger partial charge is 0.356 e. The molecule has 3 rings (SSSR count). The molecule has 0 unspecified atom stereocenters. The Morgan fingerprint density at radius 2 is 2.10 bits per heavy atom. The van der Waals surface area contributed by atoms with Crippen molar-refractivity contribution in [1.29, 1.82) is 0 Å². The molecule has 1 aromatic rings. The van der Waals surface area contributed by atoms with Gasteiger partial charge in [-0.25, -0.2) is 0 Å². The van der Waals surface area contributed by atoms with Crippen LogP contribution in [0.2, 0.25) is 0 Å². The van der Waals surface area contributed by atoms with Gasteiger partial charge in [-0.05, 0) is 44.7 Å². The highest BCUT2D eigenvalue weighted by atomic mass is 16.2. The molecule has 0 saturated carbocycles. The molecule has 4 heteroatoms. The van der Waals surface area contributed by atoms with Crippen LogP contribution in [0.4, 0.5) is 0 Å². The minimum absolute atomic E-state index is 0.0918. The number of benzene rings is 1. The summed E-state index contributed by atoms with van der Waals surface area (Å²) in [5.74, 6) is 0.279. The molecule has 2 aliphatic rings. The third-order valence-electron chi connectivity index (χ3n) is 4.87. The third-order valence-corrected chi connectivity index (χ3v) is 4.87. The van der Waals surface area contributed by atoms with Crippen LogP contribution in [0.3, 0.4) is 0 Å². The molecular weight excluding hydrogens is 264 g/mol. The number of aryl methyl sites for hydroxylation is 1. The van der Waals surface area contributed by atoms with Crippen molar-refractivity contribution in [3.05, 3.63) is 35.4 Å². The van der Waals surface area contributed by atoms with Gasteiger partial charge in [0.15, 0.2) is 0 Å². The molecule has 2 fully saturated rings. The van der Waals surface area contributed by atoms with Crippen molar-refractivity contribution in [2.45, 2.75) is 32.6 Å². The zero-order valence-electron chi connectivity index (χ0n) is 12.5. The summed E-state index contributed by atoms with van der Waals surface area (Å²) in [4.78, 5) is 26.6. The number of amides is 2. The highest BCUT2D eigenvalue weighted by Crippen LogP contribution is 2.38. The molecule has 4 nitrogen and oxygen atoms in total. The average Bonchev–Trinajstić information content (AvgIpc) is 2.71. The number of hydrogen-bond donors (Lipinski definition) is 1. The summed E-state index contributed by atoms with van der Waals surface area (Å²) in [6, 6.07) is 7.73. The van der Waals surface area contributed by atoms with Gasteiger partial charge in [0.2, 0.25) is 5.91 Å². The molecule has 2 heterocycles. The van der Waals surface area contributed by atoms with Gasteiger partial charge in [-0.1, -0.05) is 17.7 Å². The number of likely N-dealkylation sites (tertiary alicyclic amines) is 1. The second-order valence-corrected chi connectivity index (χ2v) is 6.30. The summed E-state index contributed by atoms with van der Waals surface area (Å²) in [6.07, 6.45) is 3.51. The summed E-state index contributed by atoms with van der Waals surface area (Å²) >= 11 is 0. The van der Waals surface area contributed by atoms with Crippen molar-refractivity contribution in [3.63, 3.8) is 0 Å². The van der Waals surface area contributed by atoms with Crippen molar-refractivity contribution >= 4 is 11.8 Å². The van der Waals surface area contributed by atoms with E-state index in [2.05, 4.69) is 5.32 Å². The van der Waals surface area contributed by atoms with Gasteiger partial charge in [0, 0.05) is 25.2 Å². The molecule has 0 bridgehead atoms. The first kappa shape index (κ1) is 14.1. The molecule has 1 N–H and O–H groups in total. The van der Waals surface area contributed by atoms with E-state index in [4.69, 9.17) is 0 Å². The standard InChI is InChI=1S/C17H22N2O2/c1-13-4-2-5-14(12-13)15(20)19-10-3-6-17(8-11-19)7-9-18-16(17)21/h2,4-5,12H,3,6-11H2,1H3,(H,18,21)/t17-/m0/s1. The maximum atomic E-state index is 12.6. The molecule has 0 aromatic heterocycles. The van der Waals surface area contributed by atoms with Gasteiger partial charge in [-0.3, -0.25) is 9.59 Å². The van der Waals surface area contributed by atoms with Crippen LogP contribution < -0.4 is 5.32 Å². The normalized spacial score (nSPS) is 25.8. The fourth-order valence-electron chi connectivity index (χ4n) is 3.55. The van der Waals surface area contributed by atoms with Gasteiger partial charge >= 0.3 is 0 Å². The van der Waals surface area contributed by atoms with Crippen molar-refractivity contribution in [3.8, 4) is 0 Å². The van der Waals surface area contributed by atoms with Crippen LogP contribution in [0.1, 0.15) is 41.6 Å². The van der Waals surface area contributed by atoms with Crippen LogP contribution in [-0.4, -0.2) is 36.3 Å². The number of carbonyl (C=O) groups is 2. The lowest BCUT2D eigenvalue weighted by Gasteiger charge is -2.24. The van der Waals surface area contributed by atoms with Gasteiger partial charge in [-0.2, -0.15) is 0 Å². The van der Waals surface area contributed by atoms with Crippen molar-refractivity contribution in [2.75, 3.05) is 19.6 Å². The Kier molecular flexibility index (Phi) is 3.70. The number of nitrogens with zero attached hydrogens (tertiary/aromatic N) is 1. The summed E-state index contributed by atoms with van der Waals surface area (Å²) < 4.78 is 0. The minimum atomic E-state index is -0.221. The minimum Gasteiger partial charge on any atom is -0.356 e. The Labute approximate surface area is 125 Å². The molecule has 2 saturated heterocycles. The fourth-order valence-corrected chi connectivity index (χ4v) is 3.55. The van der Waals surface area contributed by atoms with Gasteiger partial charge in [0.05, 0.1) is 5.41 Å². The topological polar surface area (TPSA) is 49.4 Å². The van der Waals surface area contributed by atoms with Crippen LogP contribution in [0.5, 0.6) is 0 Å². The number of carbonyl (C=O) groups excluding carboxylic acids is 2. The van der Waals surface area contributed by atoms with E-state index in [0.29, 0.717) is 6.54 Å². The fraction of sp³-hybridized carbons (Fsp3) is 0.529. The zero-order chi connectivity index (χ0) is 14.9. The third kappa shape index (κ3) is 2.67. The van der Waals surface area contributed by atoms with Gasteiger partial charge < -0.3 is 10.2 Å². The van der Waals surface area contributed by atoms with E-state index in [1.54, 1.807) is 0 Å². The summed E-state index contributed by atoms with van der Waals surface area (Å²) in [5.41, 5.74) is 1.63. The van der Waals surface area contributed by atoms with Crippen molar-refractivity contribution < 1.29 is 9.59 Å². The number of rotatable bonds is 1. The molecular formula is C17H22N2O2. The van der Waals surface area contributed by atoms with E-state index in [-0.39, 0.29) is 17.2 Å². The Hall–Kier alpha value is -1.84. The zero-order valence-corrected chi connectivity index (χ0v) is 12.5. The van der Waals surface area contributed by atoms with Crippen LogP contribution in [0.15, 0.2) is 24.3 Å². The lowest BCUT2D eigenvalue weighted by atomic mass is 9.79. The second-order valence-electron chi connectivity index (χ2n) is 6.30. The van der Waals surface area contributed by atoms with Gasteiger partial charge in [0.25, 0.3) is 5.91 Å². The molecule has 21 heavy (non-hydrogen) atoms. The Balaban J connectivity index is 1.73. The Morgan fingerprint density at radius 1 is 1.24 bits per heavy atom. The maximum Gasteiger partial charge on any atom is 0.253 e. The number of nitrogens with one attached hydrogen (secondary N) is 1. The lowest BCUT2D eigenvalue weighted by molar-refractivity contribution is -0.128. The summed E-state index contributed by atoms with van der Waals surface area (Å²) in [5, 5.41) is 2.95. The second kappa shape index (κ2) is 5.51. The molecule has 0 radical (unpaired) electrons. The maximum absolute atomic E-state index is 12.6. The van der Waals surface area contributed by atoms with E-state index in [1.165, 1.54) is 0 Å². The molecule has 0 aliphatic carbocycles. The summed E-state index contributed by atoms with van der Waals surface area (Å²) in [7, 11) is 0. The summed E-state index contributed by atoms with van der Waals surface area (Å²) in [6.45, 7) is 4.21. The Bertz CT molecular complexity index is 570. The molecule has 2 amide bonds. The molecule has 112 valence electrons. The quantitative estimate of drug-likeness (QED) is 0.860. The number of hydrogen-bond acceptors (Lipinski definition) is 2. The van der Waals surface area contributed by atoms with Crippen LogP contribution in [-0.2, 0) is 4.79 Å². The van der Waals surface area contributed by atoms with Crippen LogP contribution >= 0.6 is 0 Å². The monoisotopic (exact) mass is 286 g/mol. The van der Waals surface area contributed by atoms with Gasteiger partial charge in [-0.15, -0.1) is 0 Å². The van der Waals surface area contributed by atoms with Crippen molar-refractivity contribution in [1.82, 2.24) is 10.2 Å². The van der Waals surface area contributed by atoms with E-state index in [9.17, 15) is 9.59 Å². The predicted octanol–water partition coefficient (Wildman–Crippen LogP) is 2.13. The molecule has 2 aliphatic heterocycles. The van der Waals surface area contributed by atoms with E-state index < -0.39 is 0 Å². The highest BCUT2D eigenvalue weighted by molar-refractivity contribution is 5.94. The van der Waals surface area contributed by atoms with E-state index >= 15 is 0 Å². The highest BCUT2D eigenvalue weighted by Gasteiger charge is 2.43. The molecule has 1 aromatic carbocycles.